The molecule has 1 rings (SSSR count). The Kier molecular flexibility index (Phi) is 5.92. The van der Waals surface area contributed by atoms with E-state index in [4.69, 9.17) is 8.85 Å². The molecule has 0 saturated carbocycles. The molecule has 5 heteroatoms. The van der Waals surface area contributed by atoms with Crippen LogP contribution in [0.15, 0.2) is 0 Å². The molecule has 0 N–H and O–H groups in total. The van der Waals surface area contributed by atoms with Gasteiger partial charge in [-0.1, -0.05) is 0 Å². The summed E-state index contributed by atoms with van der Waals surface area (Å²) in [6.45, 7) is 3.62. The van der Waals surface area contributed by atoms with Crippen molar-refractivity contribution in [2.24, 2.45) is 0 Å². The third-order valence-electron chi connectivity index (χ3n) is 2.92. The summed E-state index contributed by atoms with van der Waals surface area (Å²) < 4.78 is 12.0. The lowest BCUT2D eigenvalue weighted by atomic mass is 10.5. The fourth-order valence-electron chi connectivity index (χ4n) is 1.62. The summed E-state index contributed by atoms with van der Waals surface area (Å²) in [5.74, 6) is 0. The number of rotatable bonds is 8. The van der Waals surface area contributed by atoms with Crippen LogP contribution in [0.25, 0.3) is 0 Å². The number of nitrogens with zero attached hydrogens (tertiary/aromatic N) is 2. The van der Waals surface area contributed by atoms with Crippen LogP contribution in [-0.2, 0) is 8.85 Å². The summed E-state index contributed by atoms with van der Waals surface area (Å²) in [5, 5.41) is 0. The maximum atomic E-state index is 6.01. The van der Waals surface area contributed by atoms with E-state index in [-0.39, 0.29) is 0 Å². The van der Waals surface area contributed by atoms with Crippen molar-refractivity contribution in [3.8, 4) is 0 Å². The summed E-state index contributed by atoms with van der Waals surface area (Å²) in [6.07, 6.45) is 1.29. The molecule has 16 heavy (non-hydrogen) atoms. The Bertz CT molecular complexity index is 180. The summed E-state index contributed by atoms with van der Waals surface area (Å²) in [5.41, 5.74) is 0. The van der Waals surface area contributed by atoms with Crippen molar-refractivity contribution in [2.75, 3.05) is 54.5 Å². The van der Waals surface area contributed by atoms with Gasteiger partial charge < -0.3 is 18.7 Å². The first-order chi connectivity index (χ1) is 7.54. The zero-order chi connectivity index (χ0) is 12.0. The molecule has 0 aromatic heterocycles. The zero-order valence-corrected chi connectivity index (χ0v) is 12.2. The van der Waals surface area contributed by atoms with E-state index >= 15 is 0 Å². The highest BCUT2D eigenvalue weighted by Gasteiger charge is 2.44. The van der Waals surface area contributed by atoms with E-state index in [1.54, 1.807) is 0 Å². The third kappa shape index (κ3) is 4.93. The Morgan fingerprint density at radius 2 is 1.31 bits per heavy atom. The molecule has 0 aliphatic carbocycles. The number of likely N-dealkylation sites (N-methyl/N-ethyl adjacent to an activating group) is 2. The average Bonchev–Trinajstić information content (AvgIpc) is 2.11. The molecule has 0 unspecified atom stereocenters. The van der Waals surface area contributed by atoms with Crippen molar-refractivity contribution >= 4 is 8.56 Å². The van der Waals surface area contributed by atoms with E-state index in [0.29, 0.717) is 0 Å². The van der Waals surface area contributed by atoms with E-state index < -0.39 is 8.56 Å². The summed E-state index contributed by atoms with van der Waals surface area (Å²) in [6, 6.07) is 2.38. The van der Waals surface area contributed by atoms with Crippen LogP contribution < -0.4 is 0 Å². The van der Waals surface area contributed by atoms with Crippen LogP contribution in [0.5, 0.6) is 0 Å². The average molecular weight is 246 g/mol. The van der Waals surface area contributed by atoms with Gasteiger partial charge in [0.25, 0.3) is 0 Å². The van der Waals surface area contributed by atoms with Crippen molar-refractivity contribution in [2.45, 2.75) is 18.5 Å². The molecule has 0 spiro atoms. The molecule has 4 nitrogen and oxygen atoms in total. The molecule has 1 aliphatic rings. The molecule has 1 saturated heterocycles. The van der Waals surface area contributed by atoms with Crippen molar-refractivity contribution in [3.05, 3.63) is 0 Å². The van der Waals surface area contributed by atoms with Crippen LogP contribution in [-0.4, -0.2) is 72.9 Å². The second kappa shape index (κ2) is 6.71. The molecular weight excluding hydrogens is 220 g/mol. The van der Waals surface area contributed by atoms with Gasteiger partial charge in [-0.2, -0.15) is 0 Å². The fourth-order valence-corrected chi connectivity index (χ4v) is 4.14. The van der Waals surface area contributed by atoms with Crippen LogP contribution in [0, 0.1) is 0 Å². The Labute approximate surface area is 101 Å². The molecule has 0 aromatic rings. The van der Waals surface area contributed by atoms with Gasteiger partial charge in [0.15, 0.2) is 0 Å². The van der Waals surface area contributed by atoms with E-state index in [9.17, 15) is 0 Å². The topological polar surface area (TPSA) is 24.9 Å². The molecular formula is C11H26N2O2Si. The van der Waals surface area contributed by atoms with Gasteiger partial charge in [0.05, 0.1) is 0 Å². The molecule has 0 radical (unpaired) electrons. The van der Waals surface area contributed by atoms with Gasteiger partial charge in [0.1, 0.15) is 0 Å². The van der Waals surface area contributed by atoms with Crippen LogP contribution in [0.2, 0.25) is 12.1 Å². The first kappa shape index (κ1) is 14.1. The lowest BCUT2D eigenvalue weighted by molar-refractivity contribution is 0.133. The van der Waals surface area contributed by atoms with Crippen molar-refractivity contribution in [1.82, 2.24) is 9.80 Å². The van der Waals surface area contributed by atoms with Gasteiger partial charge in [-0.3, -0.25) is 0 Å². The monoisotopic (exact) mass is 246 g/mol. The highest BCUT2D eigenvalue weighted by atomic mass is 28.4. The van der Waals surface area contributed by atoms with Crippen molar-refractivity contribution in [3.63, 3.8) is 0 Å². The molecule has 1 heterocycles. The zero-order valence-electron chi connectivity index (χ0n) is 11.2. The molecule has 96 valence electrons. The van der Waals surface area contributed by atoms with E-state index in [0.717, 1.165) is 26.3 Å². The molecule has 1 fully saturated rings. The Hall–Kier alpha value is 0.0569. The SMILES string of the molecule is CN(C)CCO[Si]1(OCCN(C)C)CCC1. The lowest BCUT2D eigenvalue weighted by Gasteiger charge is -2.38. The fraction of sp³-hybridized carbons (Fsp3) is 1.00. The first-order valence-electron chi connectivity index (χ1n) is 6.11. The normalized spacial score (nSPS) is 19.1. The molecule has 0 bridgehead atoms. The van der Waals surface area contributed by atoms with Gasteiger partial charge in [0, 0.05) is 26.3 Å². The quantitative estimate of drug-likeness (QED) is 0.596. The Morgan fingerprint density at radius 3 is 1.56 bits per heavy atom. The van der Waals surface area contributed by atoms with Crippen molar-refractivity contribution in [1.29, 1.82) is 0 Å². The highest BCUT2D eigenvalue weighted by molar-refractivity contribution is 6.70. The minimum absolute atomic E-state index is 0.821. The predicted molar refractivity (Wildman–Crippen MR) is 69.0 cm³/mol. The van der Waals surface area contributed by atoms with Gasteiger partial charge >= 0.3 is 8.56 Å². The van der Waals surface area contributed by atoms with Crippen LogP contribution >= 0.6 is 0 Å². The molecule has 0 amide bonds. The van der Waals surface area contributed by atoms with Crippen LogP contribution in [0.3, 0.4) is 0 Å². The smallest absolute Gasteiger partial charge is 0.338 e. The standard InChI is InChI=1S/C11H26N2O2Si/c1-12(2)6-8-14-16(10-5-11-16)15-9-7-13(3)4/h5-11H2,1-4H3. The minimum Gasteiger partial charge on any atom is -0.393 e. The summed E-state index contributed by atoms with van der Waals surface area (Å²) in [7, 11) is 6.57. The van der Waals surface area contributed by atoms with Gasteiger partial charge in [-0.15, -0.1) is 0 Å². The molecule has 0 atom stereocenters. The van der Waals surface area contributed by atoms with Gasteiger partial charge in [-0.25, -0.2) is 0 Å². The van der Waals surface area contributed by atoms with E-state index in [2.05, 4.69) is 38.0 Å². The van der Waals surface area contributed by atoms with Crippen molar-refractivity contribution < 1.29 is 8.85 Å². The largest absolute Gasteiger partial charge is 0.393 e. The maximum absolute atomic E-state index is 6.01. The second-order valence-corrected chi connectivity index (χ2v) is 8.47. The third-order valence-corrected chi connectivity index (χ3v) is 6.61. The minimum atomic E-state index is -1.73. The number of hydrogen-bond donors (Lipinski definition) is 0. The Balaban J connectivity index is 2.17. The van der Waals surface area contributed by atoms with E-state index in [1.165, 1.54) is 18.5 Å². The molecule has 0 aromatic carbocycles. The predicted octanol–water partition coefficient (Wildman–Crippen LogP) is 0.989. The number of hydrogen-bond acceptors (Lipinski definition) is 4. The molecule has 1 aliphatic heterocycles. The van der Waals surface area contributed by atoms with Crippen LogP contribution in [0.4, 0.5) is 0 Å². The van der Waals surface area contributed by atoms with Gasteiger partial charge in [-0.05, 0) is 46.7 Å². The second-order valence-electron chi connectivity index (χ2n) is 5.07. The lowest BCUT2D eigenvalue weighted by Crippen LogP contribution is -2.50. The van der Waals surface area contributed by atoms with Crippen LogP contribution in [0.1, 0.15) is 6.42 Å². The van der Waals surface area contributed by atoms with Gasteiger partial charge in [0.2, 0.25) is 0 Å². The summed E-state index contributed by atoms with van der Waals surface area (Å²) in [4.78, 5) is 4.31. The summed E-state index contributed by atoms with van der Waals surface area (Å²) >= 11 is 0. The Morgan fingerprint density at radius 1 is 0.875 bits per heavy atom. The van der Waals surface area contributed by atoms with E-state index in [1.807, 2.05) is 0 Å². The maximum Gasteiger partial charge on any atom is 0.338 e. The first-order valence-corrected chi connectivity index (χ1v) is 8.34. The highest BCUT2D eigenvalue weighted by Crippen LogP contribution is 2.34.